The van der Waals surface area contributed by atoms with Gasteiger partial charge in [0.05, 0.1) is 19.2 Å². The molecule has 172 valence electrons. The minimum atomic E-state index is -0.357. The highest BCUT2D eigenvalue weighted by Crippen LogP contribution is 2.22. The molecule has 3 aromatic rings. The van der Waals surface area contributed by atoms with Gasteiger partial charge in [0.25, 0.3) is 5.91 Å². The predicted molar refractivity (Wildman–Crippen MR) is 124 cm³/mol. The van der Waals surface area contributed by atoms with Crippen LogP contribution in [0.4, 0.5) is 10.1 Å². The van der Waals surface area contributed by atoms with Crippen molar-refractivity contribution in [3.8, 4) is 0 Å². The summed E-state index contributed by atoms with van der Waals surface area (Å²) in [6, 6.07) is 16.7. The zero-order valence-corrected chi connectivity index (χ0v) is 18.5. The number of furan rings is 1. The van der Waals surface area contributed by atoms with Crippen molar-refractivity contribution in [1.82, 2.24) is 10.2 Å². The minimum Gasteiger partial charge on any atom is -0.459 e. The molecule has 2 aromatic carbocycles. The number of hydrogen-bond donors (Lipinski definition) is 1. The number of carbonyl (C=O) groups excluding carboxylic acids is 2. The molecule has 1 aliphatic rings. The highest BCUT2D eigenvalue weighted by atomic mass is 19.1. The molecule has 0 saturated carbocycles. The number of benzene rings is 2. The Labute approximate surface area is 193 Å². The fraction of sp³-hybridized carbons (Fsp3) is 0.308. The summed E-state index contributed by atoms with van der Waals surface area (Å²) in [5.41, 5.74) is 2.16. The second kappa shape index (κ2) is 10.9. The summed E-state index contributed by atoms with van der Waals surface area (Å²) in [5.74, 6) is -0.501. The quantitative estimate of drug-likeness (QED) is 0.536. The zero-order chi connectivity index (χ0) is 23.0. The van der Waals surface area contributed by atoms with Crippen molar-refractivity contribution in [2.45, 2.75) is 25.8 Å². The fourth-order valence-electron chi connectivity index (χ4n) is 4.03. The van der Waals surface area contributed by atoms with Crippen molar-refractivity contribution in [2.24, 2.45) is 0 Å². The third kappa shape index (κ3) is 6.29. The monoisotopic (exact) mass is 449 g/mol. The van der Waals surface area contributed by atoms with E-state index in [0.717, 1.165) is 25.2 Å². The summed E-state index contributed by atoms with van der Waals surface area (Å²) < 4.78 is 19.0. The Morgan fingerprint density at radius 1 is 1.00 bits per heavy atom. The summed E-state index contributed by atoms with van der Waals surface area (Å²) >= 11 is 0. The standard InChI is InChI=1S/C26H28FN3O3/c27-22-6-3-5-21(17-22)19-30(26(32)24-7-4-16-33-24)23-10-8-20(9-11-23)18-25(31)28-12-15-29-13-1-2-14-29/h3-11,16-17H,1-2,12-15,18-19H2,(H,28,31). The van der Waals surface area contributed by atoms with E-state index in [1.165, 1.54) is 36.1 Å². The molecule has 0 radical (unpaired) electrons. The summed E-state index contributed by atoms with van der Waals surface area (Å²) in [7, 11) is 0. The van der Waals surface area contributed by atoms with Gasteiger partial charge in [-0.2, -0.15) is 0 Å². The second-order valence-corrected chi connectivity index (χ2v) is 8.24. The van der Waals surface area contributed by atoms with Crippen LogP contribution in [-0.4, -0.2) is 42.9 Å². The lowest BCUT2D eigenvalue weighted by molar-refractivity contribution is -0.120. The smallest absolute Gasteiger partial charge is 0.294 e. The molecule has 0 aliphatic carbocycles. The number of carbonyl (C=O) groups is 2. The molecule has 1 aromatic heterocycles. The molecule has 0 atom stereocenters. The van der Waals surface area contributed by atoms with Crippen LogP contribution in [0.15, 0.2) is 71.3 Å². The number of amides is 2. The molecule has 1 saturated heterocycles. The fourth-order valence-corrected chi connectivity index (χ4v) is 4.03. The lowest BCUT2D eigenvalue weighted by Gasteiger charge is -2.22. The molecular weight excluding hydrogens is 421 g/mol. The normalized spacial score (nSPS) is 13.7. The number of likely N-dealkylation sites (tertiary alicyclic amines) is 1. The third-order valence-corrected chi connectivity index (χ3v) is 5.77. The molecule has 0 unspecified atom stereocenters. The Morgan fingerprint density at radius 2 is 1.79 bits per heavy atom. The number of nitrogens with zero attached hydrogens (tertiary/aromatic N) is 2. The van der Waals surface area contributed by atoms with Crippen LogP contribution >= 0.6 is 0 Å². The van der Waals surface area contributed by atoms with Gasteiger partial charge in [-0.25, -0.2) is 4.39 Å². The van der Waals surface area contributed by atoms with Gasteiger partial charge in [0.2, 0.25) is 5.91 Å². The van der Waals surface area contributed by atoms with Gasteiger partial charge < -0.3 is 19.5 Å². The lowest BCUT2D eigenvalue weighted by atomic mass is 10.1. The van der Waals surface area contributed by atoms with Crippen molar-refractivity contribution >= 4 is 17.5 Å². The Kier molecular flexibility index (Phi) is 7.52. The maximum absolute atomic E-state index is 13.7. The van der Waals surface area contributed by atoms with Gasteiger partial charge in [0, 0.05) is 18.8 Å². The van der Waals surface area contributed by atoms with Gasteiger partial charge in [0.15, 0.2) is 5.76 Å². The lowest BCUT2D eigenvalue weighted by Crippen LogP contribution is -2.34. The number of anilines is 1. The van der Waals surface area contributed by atoms with E-state index in [9.17, 15) is 14.0 Å². The predicted octanol–water partition coefficient (Wildman–Crippen LogP) is 4.02. The first-order valence-electron chi connectivity index (χ1n) is 11.3. The topological polar surface area (TPSA) is 65.8 Å². The molecule has 2 heterocycles. The summed E-state index contributed by atoms with van der Waals surface area (Å²) in [6.07, 6.45) is 4.19. The van der Waals surface area contributed by atoms with Crippen LogP contribution in [0.25, 0.3) is 0 Å². The molecule has 0 spiro atoms. The molecule has 6 nitrogen and oxygen atoms in total. The highest BCUT2D eigenvalue weighted by Gasteiger charge is 2.21. The van der Waals surface area contributed by atoms with Gasteiger partial charge in [-0.05, 0) is 73.5 Å². The van der Waals surface area contributed by atoms with Crippen LogP contribution < -0.4 is 10.2 Å². The number of nitrogens with one attached hydrogen (secondary N) is 1. The Morgan fingerprint density at radius 3 is 2.48 bits per heavy atom. The number of rotatable bonds is 9. The summed E-state index contributed by atoms with van der Waals surface area (Å²) in [4.78, 5) is 29.3. The molecule has 1 fully saturated rings. The molecule has 33 heavy (non-hydrogen) atoms. The average molecular weight is 450 g/mol. The van der Waals surface area contributed by atoms with Crippen molar-refractivity contribution in [2.75, 3.05) is 31.1 Å². The van der Waals surface area contributed by atoms with Gasteiger partial charge in [0.1, 0.15) is 5.82 Å². The zero-order valence-electron chi connectivity index (χ0n) is 18.5. The van der Waals surface area contributed by atoms with Crippen molar-refractivity contribution < 1.29 is 18.4 Å². The van der Waals surface area contributed by atoms with Crippen LogP contribution in [0.2, 0.25) is 0 Å². The first-order chi connectivity index (χ1) is 16.1. The van der Waals surface area contributed by atoms with Crippen LogP contribution in [0, 0.1) is 5.82 Å². The van der Waals surface area contributed by atoms with E-state index in [1.54, 1.807) is 36.4 Å². The molecule has 4 rings (SSSR count). The van der Waals surface area contributed by atoms with Crippen LogP contribution in [0.5, 0.6) is 0 Å². The van der Waals surface area contributed by atoms with E-state index in [1.807, 2.05) is 12.1 Å². The Hall–Kier alpha value is -3.45. The van der Waals surface area contributed by atoms with E-state index in [-0.39, 0.29) is 36.4 Å². The Bertz CT molecular complexity index is 1060. The molecule has 0 bridgehead atoms. The molecule has 7 heteroatoms. The first kappa shape index (κ1) is 22.7. The minimum absolute atomic E-state index is 0.0229. The number of halogens is 1. The van der Waals surface area contributed by atoms with Crippen molar-refractivity contribution in [3.63, 3.8) is 0 Å². The Balaban J connectivity index is 1.41. The highest BCUT2D eigenvalue weighted by molar-refractivity contribution is 6.04. The third-order valence-electron chi connectivity index (χ3n) is 5.77. The number of hydrogen-bond acceptors (Lipinski definition) is 4. The van der Waals surface area contributed by atoms with Crippen molar-refractivity contribution in [1.29, 1.82) is 0 Å². The average Bonchev–Trinajstić information content (AvgIpc) is 3.52. The molecule has 1 N–H and O–H groups in total. The van der Waals surface area contributed by atoms with Gasteiger partial charge >= 0.3 is 0 Å². The van der Waals surface area contributed by atoms with E-state index in [0.29, 0.717) is 17.8 Å². The van der Waals surface area contributed by atoms with Crippen LogP contribution in [-0.2, 0) is 17.8 Å². The first-order valence-corrected chi connectivity index (χ1v) is 11.3. The van der Waals surface area contributed by atoms with Crippen LogP contribution in [0.3, 0.4) is 0 Å². The maximum atomic E-state index is 13.7. The van der Waals surface area contributed by atoms with E-state index >= 15 is 0 Å². The SMILES string of the molecule is O=C(Cc1ccc(N(Cc2cccc(F)c2)C(=O)c2ccco2)cc1)NCCN1CCCC1. The van der Waals surface area contributed by atoms with Crippen molar-refractivity contribution in [3.05, 3.63) is 89.6 Å². The van der Waals surface area contributed by atoms with Gasteiger partial charge in [-0.15, -0.1) is 0 Å². The molecule has 1 aliphatic heterocycles. The van der Waals surface area contributed by atoms with Crippen LogP contribution in [0.1, 0.15) is 34.5 Å². The molecular formula is C26H28FN3O3. The molecule has 2 amide bonds. The van der Waals surface area contributed by atoms with Gasteiger partial charge in [-0.3, -0.25) is 9.59 Å². The van der Waals surface area contributed by atoms with E-state index < -0.39 is 0 Å². The summed E-state index contributed by atoms with van der Waals surface area (Å²) in [5, 5.41) is 2.98. The second-order valence-electron chi connectivity index (χ2n) is 8.24. The van der Waals surface area contributed by atoms with E-state index in [2.05, 4.69) is 10.2 Å². The summed E-state index contributed by atoms with van der Waals surface area (Å²) in [6.45, 7) is 3.94. The largest absolute Gasteiger partial charge is 0.459 e. The van der Waals surface area contributed by atoms with E-state index in [4.69, 9.17) is 4.42 Å². The maximum Gasteiger partial charge on any atom is 0.294 e. The van der Waals surface area contributed by atoms with Gasteiger partial charge in [-0.1, -0.05) is 24.3 Å².